The van der Waals surface area contributed by atoms with E-state index in [0.29, 0.717) is 17.3 Å². The number of piperazine rings is 1. The lowest BCUT2D eigenvalue weighted by molar-refractivity contribution is -0.171. The standard InChI is InChI=1S/C17H14N4O3S2/c22-14-7-20(21-15(23)8-26-17(21)25)16(24)13-5-10-9-3-1-2-4-11(9)18-12(10)6-19(13)14/h1-4,13,18H,5-8H2. The fourth-order valence-electron chi connectivity index (χ4n) is 3.91. The molecule has 2 saturated heterocycles. The number of carbonyl (C=O) groups excluding carboxylic acids is 3. The number of aromatic nitrogens is 1. The number of hydrazine groups is 1. The Labute approximate surface area is 158 Å². The molecule has 0 spiro atoms. The number of para-hydroxylation sites is 1. The molecule has 2 fully saturated rings. The van der Waals surface area contributed by atoms with Gasteiger partial charge in [-0.25, -0.2) is 5.01 Å². The number of carbonyl (C=O) groups is 3. The van der Waals surface area contributed by atoms with E-state index in [1.165, 1.54) is 21.8 Å². The summed E-state index contributed by atoms with van der Waals surface area (Å²) in [6.07, 6.45) is 0.433. The summed E-state index contributed by atoms with van der Waals surface area (Å²) in [6, 6.07) is 7.31. The van der Waals surface area contributed by atoms with Crippen LogP contribution in [0.2, 0.25) is 0 Å². The van der Waals surface area contributed by atoms with E-state index in [1.807, 2.05) is 24.3 Å². The number of nitrogens with one attached hydrogen (secondary N) is 1. The zero-order valence-electron chi connectivity index (χ0n) is 13.6. The number of hydrogen-bond donors (Lipinski definition) is 1. The van der Waals surface area contributed by atoms with Gasteiger partial charge in [0.1, 0.15) is 12.6 Å². The monoisotopic (exact) mass is 386 g/mol. The van der Waals surface area contributed by atoms with Crippen molar-refractivity contribution in [2.45, 2.75) is 19.0 Å². The molecule has 1 aromatic heterocycles. The number of rotatable bonds is 1. The number of amides is 3. The minimum Gasteiger partial charge on any atom is -0.357 e. The quantitative estimate of drug-likeness (QED) is 0.741. The molecule has 0 saturated carbocycles. The van der Waals surface area contributed by atoms with Crippen LogP contribution in [-0.4, -0.2) is 60.3 Å². The summed E-state index contributed by atoms with van der Waals surface area (Å²) in [7, 11) is 0. The first-order valence-electron chi connectivity index (χ1n) is 8.23. The van der Waals surface area contributed by atoms with E-state index in [-0.39, 0.29) is 30.0 Å². The molecule has 4 heterocycles. The van der Waals surface area contributed by atoms with E-state index in [0.717, 1.165) is 22.2 Å². The lowest BCUT2D eigenvalue weighted by Crippen LogP contribution is -2.66. The van der Waals surface area contributed by atoms with Crippen LogP contribution in [0, 0.1) is 0 Å². The number of benzene rings is 1. The van der Waals surface area contributed by atoms with E-state index in [9.17, 15) is 14.4 Å². The zero-order valence-corrected chi connectivity index (χ0v) is 15.2. The van der Waals surface area contributed by atoms with Crippen LogP contribution in [-0.2, 0) is 27.3 Å². The molecule has 3 aliphatic rings. The SMILES string of the molecule is O=C1CN(N2C(=O)CSC2=S)C(=O)C2Cc3c([nH]c4ccccc34)CN12. The third kappa shape index (κ3) is 2.13. The molecule has 1 N–H and O–H groups in total. The topological polar surface area (TPSA) is 76.7 Å². The van der Waals surface area contributed by atoms with Gasteiger partial charge in [0.05, 0.1) is 12.3 Å². The summed E-state index contributed by atoms with van der Waals surface area (Å²) in [5.74, 6) is -0.471. The second-order valence-electron chi connectivity index (χ2n) is 6.53. The average Bonchev–Trinajstić information content (AvgIpc) is 3.16. The van der Waals surface area contributed by atoms with Gasteiger partial charge in [0.25, 0.3) is 11.8 Å². The van der Waals surface area contributed by atoms with Crippen molar-refractivity contribution in [3.05, 3.63) is 35.5 Å². The van der Waals surface area contributed by atoms with Crippen molar-refractivity contribution in [3.8, 4) is 0 Å². The van der Waals surface area contributed by atoms with Gasteiger partial charge >= 0.3 is 0 Å². The van der Waals surface area contributed by atoms with Crippen LogP contribution in [0.3, 0.4) is 0 Å². The van der Waals surface area contributed by atoms with Gasteiger partial charge < -0.3 is 9.88 Å². The first-order valence-corrected chi connectivity index (χ1v) is 9.63. The van der Waals surface area contributed by atoms with E-state index >= 15 is 0 Å². The molecule has 2 aromatic rings. The third-order valence-corrected chi connectivity index (χ3v) is 6.46. The maximum atomic E-state index is 13.1. The Balaban J connectivity index is 1.54. The number of thioether (sulfide) groups is 1. The van der Waals surface area contributed by atoms with Crippen LogP contribution in [0.5, 0.6) is 0 Å². The Hall–Kier alpha value is -2.39. The predicted molar refractivity (Wildman–Crippen MR) is 100.0 cm³/mol. The minimum atomic E-state index is -0.607. The van der Waals surface area contributed by atoms with Crippen LogP contribution >= 0.6 is 24.0 Å². The van der Waals surface area contributed by atoms with E-state index in [1.54, 1.807) is 4.90 Å². The molecule has 132 valence electrons. The Morgan fingerprint density at radius 2 is 1.92 bits per heavy atom. The van der Waals surface area contributed by atoms with Crippen molar-refractivity contribution in [2.75, 3.05) is 12.3 Å². The molecule has 0 radical (unpaired) electrons. The van der Waals surface area contributed by atoms with Gasteiger partial charge in [-0.15, -0.1) is 0 Å². The van der Waals surface area contributed by atoms with Gasteiger partial charge in [0.15, 0.2) is 4.32 Å². The summed E-state index contributed by atoms with van der Waals surface area (Å²) in [5, 5.41) is 3.50. The molecule has 1 aromatic carbocycles. The van der Waals surface area contributed by atoms with Crippen molar-refractivity contribution in [1.29, 1.82) is 0 Å². The van der Waals surface area contributed by atoms with Gasteiger partial charge in [-0.3, -0.25) is 14.4 Å². The van der Waals surface area contributed by atoms with E-state index in [4.69, 9.17) is 12.2 Å². The van der Waals surface area contributed by atoms with Crippen molar-refractivity contribution in [1.82, 2.24) is 19.9 Å². The molecule has 1 unspecified atom stereocenters. The van der Waals surface area contributed by atoms with Crippen molar-refractivity contribution < 1.29 is 14.4 Å². The van der Waals surface area contributed by atoms with Crippen molar-refractivity contribution in [2.24, 2.45) is 0 Å². The molecule has 3 amide bonds. The second-order valence-corrected chi connectivity index (χ2v) is 8.13. The Kier molecular flexibility index (Phi) is 3.38. The lowest BCUT2D eigenvalue weighted by atomic mass is 9.94. The zero-order chi connectivity index (χ0) is 18.0. The van der Waals surface area contributed by atoms with E-state index < -0.39 is 6.04 Å². The molecule has 9 heteroatoms. The highest BCUT2D eigenvalue weighted by molar-refractivity contribution is 8.23. The Bertz CT molecular complexity index is 985. The maximum Gasteiger partial charge on any atom is 0.265 e. The van der Waals surface area contributed by atoms with Crippen LogP contribution in [0.1, 0.15) is 11.3 Å². The molecular weight excluding hydrogens is 372 g/mol. The predicted octanol–water partition coefficient (Wildman–Crippen LogP) is 1.04. The highest BCUT2D eigenvalue weighted by Crippen LogP contribution is 2.33. The number of hydrogen-bond acceptors (Lipinski definition) is 5. The summed E-state index contributed by atoms with van der Waals surface area (Å²) in [6.45, 7) is 0.220. The van der Waals surface area contributed by atoms with Gasteiger partial charge in [-0.05, 0) is 11.6 Å². The number of thiocarbonyl (C=S) groups is 1. The summed E-state index contributed by atoms with van der Waals surface area (Å²) >= 11 is 6.41. The maximum absolute atomic E-state index is 13.1. The summed E-state index contributed by atoms with van der Waals surface area (Å²) in [4.78, 5) is 42.9. The first kappa shape index (κ1) is 15.8. The van der Waals surface area contributed by atoms with Gasteiger partial charge in [0.2, 0.25) is 5.91 Å². The highest BCUT2D eigenvalue weighted by Gasteiger charge is 2.47. The normalized spacial score (nSPS) is 23.1. The van der Waals surface area contributed by atoms with Gasteiger partial charge in [0, 0.05) is 23.0 Å². The number of nitrogens with zero attached hydrogens (tertiary/aromatic N) is 3. The molecule has 0 bridgehead atoms. The molecule has 0 aliphatic carbocycles. The fourth-order valence-corrected chi connectivity index (χ4v) is 4.98. The lowest BCUT2D eigenvalue weighted by Gasteiger charge is -2.44. The number of H-pyrrole nitrogens is 1. The number of fused-ring (bicyclic) bond motifs is 4. The largest absolute Gasteiger partial charge is 0.357 e. The average molecular weight is 386 g/mol. The van der Waals surface area contributed by atoms with Crippen LogP contribution in [0.15, 0.2) is 24.3 Å². The summed E-state index contributed by atoms with van der Waals surface area (Å²) in [5.41, 5.74) is 3.04. The molecule has 1 atom stereocenters. The minimum absolute atomic E-state index is 0.155. The van der Waals surface area contributed by atoms with Crippen LogP contribution in [0.4, 0.5) is 0 Å². The Morgan fingerprint density at radius 3 is 2.69 bits per heavy atom. The first-order chi connectivity index (χ1) is 12.5. The van der Waals surface area contributed by atoms with Gasteiger partial charge in [-0.2, -0.15) is 5.01 Å². The fraction of sp³-hybridized carbons (Fsp3) is 0.294. The second kappa shape index (κ2) is 5.55. The number of aromatic amines is 1. The Morgan fingerprint density at radius 1 is 1.12 bits per heavy atom. The smallest absolute Gasteiger partial charge is 0.265 e. The van der Waals surface area contributed by atoms with Crippen LogP contribution < -0.4 is 0 Å². The molecule has 5 rings (SSSR count). The molecule has 7 nitrogen and oxygen atoms in total. The van der Waals surface area contributed by atoms with Crippen molar-refractivity contribution >= 4 is 56.9 Å². The van der Waals surface area contributed by atoms with E-state index in [2.05, 4.69) is 4.98 Å². The molecule has 26 heavy (non-hydrogen) atoms. The molecular formula is C17H14N4O3S2. The van der Waals surface area contributed by atoms with Crippen LogP contribution in [0.25, 0.3) is 10.9 Å². The highest BCUT2D eigenvalue weighted by atomic mass is 32.2. The van der Waals surface area contributed by atoms with Crippen molar-refractivity contribution in [3.63, 3.8) is 0 Å². The summed E-state index contributed by atoms with van der Waals surface area (Å²) < 4.78 is 0.327. The van der Waals surface area contributed by atoms with Gasteiger partial charge in [-0.1, -0.05) is 42.2 Å². The molecule has 3 aliphatic heterocycles. The third-order valence-electron chi connectivity index (χ3n) is 5.12.